The van der Waals surface area contributed by atoms with E-state index in [0.29, 0.717) is 35.7 Å². The van der Waals surface area contributed by atoms with Crippen molar-refractivity contribution in [1.29, 1.82) is 0 Å². The molecule has 2 N–H and O–H groups in total. The van der Waals surface area contributed by atoms with Crippen LogP contribution in [0.2, 0.25) is 0 Å². The van der Waals surface area contributed by atoms with Crippen LogP contribution in [0.5, 0.6) is 5.75 Å². The number of halogens is 3. The number of nitrogens with one attached hydrogen (secondary N) is 2. The number of aromatic amines is 1. The second-order valence-electron chi connectivity index (χ2n) is 6.80. The number of hydrogen-bond donors (Lipinski definition) is 2. The summed E-state index contributed by atoms with van der Waals surface area (Å²) in [7, 11) is 0. The van der Waals surface area contributed by atoms with Gasteiger partial charge >= 0.3 is 5.57 Å². The fraction of sp³-hybridized carbons (Fsp3) is 0.200. The summed E-state index contributed by atoms with van der Waals surface area (Å²) >= 11 is 4.74. The molecule has 0 bridgehead atoms. The van der Waals surface area contributed by atoms with Gasteiger partial charge in [0, 0.05) is 48.2 Å². The van der Waals surface area contributed by atoms with Crippen LogP contribution in [0.25, 0.3) is 11.3 Å². The summed E-state index contributed by atoms with van der Waals surface area (Å²) < 4.78 is 29.6. The Labute approximate surface area is 180 Å². The summed E-state index contributed by atoms with van der Waals surface area (Å²) in [6.07, 6.45) is 3.44. The van der Waals surface area contributed by atoms with E-state index in [4.69, 9.17) is 11.6 Å². The molecule has 0 saturated carbocycles. The fourth-order valence-electron chi connectivity index (χ4n) is 3.19. The lowest BCUT2D eigenvalue weighted by Crippen LogP contribution is -2.22. The number of H-pyrrole nitrogens is 1. The fourth-order valence-corrected chi connectivity index (χ4v) is 3.28. The van der Waals surface area contributed by atoms with Crippen molar-refractivity contribution in [3.63, 3.8) is 0 Å². The number of carbonyl (C=O) groups is 2. The first-order valence-corrected chi connectivity index (χ1v) is 9.60. The highest BCUT2D eigenvalue weighted by molar-refractivity contribution is 6.20. The van der Waals surface area contributed by atoms with Gasteiger partial charge < -0.3 is 15.0 Å². The highest BCUT2D eigenvalue weighted by Crippen LogP contribution is 2.31. The molecule has 1 fully saturated rings. The van der Waals surface area contributed by atoms with Gasteiger partial charge in [0.1, 0.15) is 11.6 Å². The Morgan fingerprint density at radius 3 is 2.65 bits per heavy atom. The molecule has 0 radical (unpaired) electrons. The average molecular weight is 448 g/mol. The van der Waals surface area contributed by atoms with Gasteiger partial charge in [-0.2, -0.15) is 5.10 Å². The number of nitrogens with zero attached hydrogens (tertiary/aromatic N) is 3. The van der Waals surface area contributed by atoms with Crippen LogP contribution in [-0.4, -0.2) is 45.5 Å². The maximum Gasteiger partial charge on any atom is 0.487 e. The van der Waals surface area contributed by atoms with E-state index in [-0.39, 0.29) is 23.6 Å². The zero-order valence-corrected chi connectivity index (χ0v) is 16.7. The van der Waals surface area contributed by atoms with Crippen LogP contribution in [0, 0.1) is 0 Å². The van der Waals surface area contributed by atoms with E-state index in [1.54, 1.807) is 18.3 Å². The third kappa shape index (κ3) is 4.97. The number of hydrogen-bond acceptors (Lipinski definition) is 6. The smallest absolute Gasteiger partial charge is 0.420 e. The second kappa shape index (κ2) is 8.31. The summed E-state index contributed by atoms with van der Waals surface area (Å²) in [6.45, 7) is 0.809. The van der Waals surface area contributed by atoms with E-state index in [0.717, 1.165) is 0 Å². The molecular weight excluding hydrogens is 432 g/mol. The number of anilines is 2. The lowest BCUT2D eigenvalue weighted by atomic mass is 10.1. The van der Waals surface area contributed by atoms with Gasteiger partial charge in [0.05, 0.1) is 17.8 Å². The Kier molecular flexibility index (Phi) is 5.55. The van der Waals surface area contributed by atoms with Gasteiger partial charge in [-0.15, -0.1) is 8.78 Å². The lowest BCUT2D eigenvalue weighted by molar-refractivity contribution is -0.116. The Balaban J connectivity index is 1.56. The molecule has 1 saturated heterocycles. The van der Waals surface area contributed by atoms with Crippen LogP contribution in [0.3, 0.4) is 0 Å². The molecule has 1 aliphatic heterocycles. The van der Waals surface area contributed by atoms with Crippen molar-refractivity contribution >= 4 is 34.8 Å². The van der Waals surface area contributed by atoms with E-state index >= 15 is 0 Å². The largest absolute Gasteiger partial charge is 0.487 e. The highest BCUT2D eigenvalue weighted by atomic mass is 35.5. The standard InChI is InChI=1S/C20H16ClF2N5O3/c21-20(22,23)31-15-3-1-13(2-4-15)26-19(30)12-9-16(17-5-7-25-27-17)18(24-10-12)28-8-6-14(29)11-28/h1-5,7,9-10H,6,8,11H2,(H,25,27)(H,26,30). The zero-order chi connectivity index (χ0) is 22.0. The predicted octanol–water partition coefficient (Wildman–Crippen LogP) is 3.67. The van der Waals surface area contributed by atoms with Crippen LogP contribution >= 0.6 is 11.6 Å². The number of pyridine rings is 1. The maximum absolute atomic E-state index is 12.7. The molecule has 1 aliphatic rings. The minimum Gasteiger partial charge on any atom is -0.420 e. The van der Waals surface area contributed by atoms with Gasteiger partial charge in [0.25, 0.3) is 5.91 Å². The first kappa shape index (κ1) is 20.7. The molecule has 0 unspecified atom stereocenters. The van der Waals surface area contributed by atoms with E-state index in [1.807, 2.05) is 4.90 Å². The van der Waals surface area contributed by atoms with Gasteiger partial charge in [0.15, 0.2) is 5.78 Å². The third-order valence-electron chi connectivity index (χ3n) is 4.59. The third-order valence-corrected chi connectivity index (χ3v) is 4.67. The van der Waals surface area contributed by atoms with Crippen molar-refractivity contribution in [2.24, 2.45) is 0 Å². The molecule has 160 valence electrons. The summed E-state index contributed by atoms with van der Waals surface area (Å²) in [5.74, 6) is 0.105. The number of rotatable bonds is 6. The van der Waals surface area contributed by atoms with Gasteiger partial charge in [0.2, 0.25) is 0 Å². The van der Waals surface area contributed by atoms with Crippen molar-refractivity contribution in [1.82, 2.24) is 15.2 Å². The van der Waals surface area contributed by atoms with Crippen LogP contribution in [0.4, 0.5) is 20.3 Å². The SMILES string of the molecule is O=C1CCN(c2ncc(C(=O)Nc3ccc(OC(F)(F)Cl)cc3)cc2-c2ccn[nH]2)C1. The van der Waals surface area contributed by atoms with Gasteiger partial charge in [-0.25, -0.2) is 4.98 Å². The molecule has 4 rings (SSSR count). The second-order valence-corrected chi connectivity index (χ2v) is 7.24. The highest BCUT2D eigenvalue weighted by Gasteiger charge is 2.27. The molecule has 0 spiro atoms. The Bertz CT molecular complexity index is 1100. The summed E-state index contributed by atoms with van der Waals surface area (Å²) in [6, 6.07) is 8.72. The van der Waals surface area contributed by atoms with Crippen LogP contribution < -0.4 is 15.0 Å². The van der Waals surface area contributed by atoms with Gasteiger partial charge in [-0.1, -0.05) is 0 Å². The Hall–Kier alpha value is -3.53. The molecule has 31 heavy (non-hydrogen) atoms. The van der Waals surface area contributed by atoms with E-state index in [2.05, 4.69) is 25.2 Å². The number of Topliss-reactive ketones (excluding diaryl/α,β-unsaturated/α-hetero) is 1. The number of carbonyl (C=O) groups excluding carboxylic acids is 2. The van der Waals surface area contributed by atoms with Gasteiger partial charge in [-0.05, 0) is 36.4 Å². The maximum atomic E-state index is 12.7. The first-order valence-electron chi connectivity index (χ1n) is 9.22. The monoisotopic (exact) mass is 447 g/mol. The Morgan fingerprint density at radius 2 is 2.03 bits per heavy atom. The zero-order valence-electron chi connectivity index (χ0n) is 15.9. The average Bonchev–Trinajstić information content (AvgIpc) is 3.40. The first-order chi connectivity index (χ1) is 14.8. The van der Waals surface area contributed by atoms with Crippen LogP contribution in [-0.2, 0) is 4.79 Å². The molecule has 8 nitrogen and oxygen atoms in total. The molecule has 2 aromatic heterocycles. The molecule has 11 heteroatoms. The molecule has 3 aromatic rings. The molecule has 3 heterocycles. The van der Waals surface area contributed by atoms with E-state index in [1.165, 1.54) is 30.5 Å². The topological polar surface area (TPSA) is 100 Å². The number of alkyl halides is 3. The minimum atomic E-state index is -3.82. The quantitative estimate of drug-likeness (QED) is 0.559. The number of aromatic nitrogens is 3. The van der Waals surface area contributed by atoms with Crippen molar-refractivity contribution in [2.45, 2.75) is 12.0 Å². The number of ketones is 1. The molecule has 0 atom stereocenters. The molecule has 0 aliphatic carbocycles. The summed E-state index contributed by atoms with van der Waals surface area (Å²) in [4.78, 5) is 30.7. The Morgan fingerprint density at radius 1 is 1.26 bits per heavy atom. The molecule has 1 amide bonds. The number of amides is 1. The van der Waals surface area contributed by atoms with Crippen molar-refractivity contribution < 1.29 is 23.1 Å². The van der Waals surface area contributed by atoms with Crippen LogP contribution in [0.1, 0.15) is 16.8 Å². The molecule has 1 aromatic carbocycles. The lowest BCUT2D eigenvalue weighted by Gasteiger charge is -2.19. The van der Waals surface area contributed by atoms with Crippen molar-refractivity contribution in [3.05, 3.63) is 54.4 Å². The van der Waals surface area contributed by atoms with Crippen LogP contribution in [0.15, 0.2) is 48.8 Å². The number of ether oxygens (including phenoxy) is 1. The van der Waals surface area contributed by atoms with Gasteiger partial charge in [-0.3, -0.25) is 14.7 Å². The minimum absolute atomic E-state index is 0.124. The summed E-state index contributed by atoms with van der Waals surface area (Å²) in [5.41, 5.74) is -1.90. The summed E-state index contributed by atoms with van der Waals surface area (Å²) in [5, 5.41) is 9.46. The van der Waals surface area contributed by atoms with E-state index < -0.39 is 11.5 Å². The molecular formula is C20H16ClF2N5O3. The van der Waals surface area contributed by atoms with E-state index in [9.17, 15) is 18.4 Å². The predicted molar refractivity (Wildman–Crippen MR) is 109 cm³/mol. The van der Waals surface area contributed by atoms with Crippen molar-refractivity contribution in [3.8, 4) is 17.0 Å². The van der Waals surface area contributed by atoms with Crippen molar-refractivity contribution in [2.75, 3.05) is 23.3 Å². The normalized spacial score (nSPS) is 14.0. The number of benzene rings is 1.